The van der Waals surface area contributed by atoms with E-state index < -0.39 is 0 Å². The third-order valence-corrected chi connectivity index (χ3v) is 5.95. The molecule has 0 bridgehead atoms. The first-order valence-electron chi connectivity index (χ1n) is 9.13. The van der Waals surface area contributed by atoms with Gasteiger partial charge < -0.3 is 9.88 Å². The van der Waals surface area contributed by atoms with E-state index in [-0.39, 0.29) is 5.56 Å². The summed E-state index contributed by atoms with van der Waals surface area (Å²) >= 11 is 7.80. The van der Waals surface area contributed by atoms with Gasteiger partial charge in [-0.05, 0) is 13.0 Å². The van der Waals surface area contributed by atoms with Crippen LogP contribution in [0, 0.1) is 6.92 Å². The first-order valence-corrected chi connectivity index (χ1v) is 10.4. The van der Waals surface area contributed by atoms with Crippen LogP contribution in [0.5, 0.6) is 0 Å². The lowest BCUT2D eigenvalue weighted by Crippen LogP contribution is -3.06. The number of aromatic nitrogens is 2. The number of nitrogens with zero attached hydrogens (tertiary/aromatic N) is 1. The first-order chi connectivity index (χ1) is 13.5. The Morgan fingerprint density at radius 1 is 1.07 bits per heavy atom. The largest absolute Gasteiger partial charge is 0.327 e. The number of nitrogens with one attached hydrogen (secondary N) is 2. The maximum Gasteiger partial charge on any atom is 0.260 e. The van der Waals surface area contributed by atoms with Crippen LogP contribution in [-0.2, 0) is 13.1 Å². The fraction of sp³-hybridized carbons (Fsp3) is 0.182. The third kappa shape index (κ3) is 3.87. The number of H-pyrrole nitrogens is 1. The molecule has 142 valence electrons. The molecule has 2 heterocycles. The molecule has 4 nitrogen and oxygen atoms in total. The summed E-state index contributed by atoms with van der Waals surface area (Å²) in [6, 6.07) is 16.1. The molecule has 0 saturated heterocycles. The minimum atomic E-state index is -0.112. The van der Waals surface area contributed by atoms with Crippen LogP contribution in [0.1, 0.15) is 17.0 Å². The number of aromatic amines is 1. The lowest BCUT2D eigenvalue weighted by atomic mass is 10.1. The molecule has 0 aliphatic carbocycles. The summed E-state index contributed by atoms with van der Waals surface area (Å²) in [5.41, 5.74) is 4.11. The van der Waals surface area contributed by atoms with Crippen LogP contribution in [0.15, 0.2) is 58.7 Å². The highest BCUT2D eigenvalue weighted by Crippen LogP contribution is 2.34. The molecule has 0 spiro atoms. The zero-order valence-electron chi connectivity index (χ0n) is 15.8. The Hall–Kier alpha value is -2.47. The standard InChI is InChI=1S/C22H20ClN3OS/c1-14-7-9-15(10-8-14)11-26(2)12-19-24-21(27)20-17(13-28-22(20)25-19)16-5-3-4-6-18(16)23/h3-10,13H,11-12H2,1-2H3,(H,24,25,27)/p+1. The van der Waals surface area contributed by atoms with Crippen molar-refractivity contribution in [3.63, 3.8) is 0 Å². The van der Waals surface area contributed by atoms with Crippen LogP contribution in [0.3, 0.4) is 0 Å². The molecule has 2 aromatic heterocycles. The smallest absolute Gasteiger partial charge is 0.260 e. The molecule has 2 N–H and O–H groups in total. The average Bonchev–Trinajstić information content (AvgIpc) is 3.08. The van der Waals surface area contributed by atoms with Crippen molar-refractivity contribution in [1.82, 2.24) is 9.97 Å². The summed E-state index contributed by atoms with van der Waals surface area (Å²) in [6.07, 6.45) is 0. The Morgan fingerprint density at radius 3 is 2.57 bits per heavy atom. The number of thiophene rings is 1. The van der Waals surface area contributed by atoms with Gasteiger partial charge in [-0.3, -0.25) is 4.79 Å². The van der Waals surface area contributed by atoms with Crippen molar-refractivity contribution in [3.05, 3.63) is 86.2 Å². The summed E-state index contributed by atoms with van der Waals surface area (Å²) in [4.78, 5) is 22.5. The molecule has 4 rings (SSSR count). The molecule has 0 aliphatic rings. The number of aryl methyl sites for hydroxylation is 1. The SMILES string of the molecule is Cc1ccc(C[NH+](C)Cc2nc3scc(-c4ccccc4Cl)c3c(=O)[nH]2)cc1. The van der Waals surface area contributed by atoms with Crippen molar-refractivity contribution >= 4 is 33.2 Å². The maximum atomic E-state index is 12.8. The van der Waals surface area contributed by atoms with Gasteiger partial charge in [0.25, 0.3) is 5.56 Å². The van der Waals surface area contributed by atoms with E-state index in [1.54, 1.807) is 0 Å². The van der Waals surface area contributed by atoms with Gasteiger partial charge in [0.05, 0.1) is 12.4 Å². The molecule has 0 aliphatic heterocycles. The predicted molar refractivity (Wildman–Crippen MR) is 116 cm³/mol. The summed E-state index contributed by atoms with van der Waals surface area (Å²) in [6.45, 7) is 3.61. The monoisotopic (exact) mass is 410 g/mol. The number of rotatable bonds is 5. The van der Waals surface area contributed by atoms with E-state index in [4.69, 9.17) is 16.6 Å². The lowest BCUT2D eigenvalue weighted by molar-refractivity contribution is -0.908. The maximum absolute atomic E-state index is 12.8. The molecule has 0 saturated carbocycles. The number of benzene rings is 2. The van der Waals surface area contributed by atoms with Crippen molar-refractivity contribution < 1.29 is 4.90 Å². The van der Waals surface area contributed by atoms with Gasteiger partial charge in [-0.25, -0.2) is 4.98 Å². The Morgan fingerprint density at radius 2 is 1.82 bits per heavy atom. The van der Waals surface area contributed by atoms with E-state index in [1.807, 2.05) is 29.6 Å². The zero-order valence-corrected chi connectivity index (χ0v) is 17.3. The van der Waals surface area contributed by atoms with Crippen LogP contribution in [0.25, 0.3) is 21.3 Å². The van der Waals surface area contributed by atoms with Gasteiger partial charge in [0.2, 0.25) is 0 Å². The number of hydrogen-bond donors (Lipinski definition) is 2. The van der Waals surface area contributed by atoms with Crippen LogP contribution in [0.4, 0.5) is 0 Å². The fourth-order valence-electron chi connectivity index (χ4n) is 3.36. The van der Waals surface area contributed by atoms with Crippen molar-refractivity contribution in [2.45, 2.75) is 20.0 Å². The van der Waals surface area contributed by atoms with Crippen LogP contribution >= 0.6 is 22.9 Å². The van der Waals surface area contributed by atoms with Gasteiger partial charge in [0, 0.05) is 27.1 Å². The Balaban J connectivity index is 1.61. The van der Waals surface area contributed by atoms with E-state index in [9.17, 15) is 4.79 Å². The van der Waals surface area contributed by atoms with Gasteiger partial charge in [0.1, 0.15) is 17.9 Å². The van der Waals surface area contributed by atoms with Gasteiger partial charge in [-0.1, -0.05) is 59.6 Å². The molecule has 1 unspecified atom stereocenters. The van der Waals surface area contributed by atoms with E-state index >= 15 is 0 Å². The Bertz CT molecular complexity index is 1180. The van der Waals surface area contributed by atoms with E-state index in [1.165, 1.54) is 27.4 Å². The first kappa shape index (κ1) is 18.9. The van der Waals surface area contributed by atoms with E-state index in [2.05, 4.69) is 43.2 Å². The molecular formula is C22H21ClN3OS+. The highest BCUT2D eigenvalue weighted by Gasteiger charge is 2.16. The average molecular weight is 411 g/mol. The molecular weight excluding hydrogens is 390 g/mol. The van der Waals surface area contributed by atoms with Crippen LogP contribution < -0.4 is 10.5 Å². The number of hydrogen-bond acceptors (Lipinski definition) is 3. The van der Waals surface area contributed by atoms with Crippen molar-refractivity contribution in [1.29, 1.82) is 0 Å². The van der Waals surface area contributed by atoms with Gasteiger partial charge >= 0.3 is 0 Å². The number of quaternary nitrogens is 1. The highest BCUT2D eigenvalue weighted by molar-refractivity contribution is 7.17. The van der Waals surface area contributed by atoms with Crippen molar-refractivity contribution in [2.24, 2.45) is 0 Å². The molecule has 0 radical (unpaired) electrons. The Kier molecular flexibility index (Phi) is 5.31. The lowest BCUT2D eigenvalue weighted by Gasteiger charge is -2.13. The van der Waals surface area contributed by atoms with Crippen molar-refractivity contribution in [2.75, 3.05) is 7.05 Å². The Labute approximate surface area is 172 Å². The van der Waals surface area contributed by atoms with Crippen molar-refractivity contribution in [3.8, 4) is 11.1 Å². The molecule has 1 atom stereocenters. The summed E-state index contributed by atoms with van der Waals surface area (Å²) < 4.78 is 0. The molecule has 2 aromatic carbocycles. The predicted octanol–water partition coefficient (Wildman–Crippen LogP) is 3.83. The zero-order chi connectivity index (χ0) is 19.7. The minimum Gasteiger partial charge on any atom is -0.327 e. The van der Waals surface area contributed by atoms with E-state index in [0.29, 0.717) is 22.8 Å². The topological polar surface area (TPSA) is 50.2 Å². The summed E-state index contributed by atoms with van der Waals surface area (Å²) in [7, 11) is 2.10. The summed E-state index contributed by atoms with van der Waals surface area (Å²) in [5.74, 6) is 0.703. The number of halogens is 1. The summed E-state index contributed by atoms with van der Waals surface area (Å²) in [5, 5.41) is 3.20. The molecule has 4 aromatic rings. The van der Waals surface area contributed by atoms with Crippen LogP contribution in [-0.4, -0.2) is 17.0 Å². The van der Waals surface area contributed by atoms with Gasteiger partial charge in [-0.2, -0.15) is 0 Å². The molecule has 0 amide bonds. The second-order valence-corrected chi connectivity index (χ2v) is 8.38. The quantitative estimate of drug-likeness (QED) is 0.525. The third-order valence-electron chi connectivity index (χ3n) is 4.75. The fourth-order valence-corrected chi connectivity index (χ4v) is 4.55. The molecule has 6 heteroatoms. The minimum absolute atomic E-state index is 0.112. The molecule has 28 heavy (non-hydrogen) atoms. The van der Waals surface area contributed by atoms with E-state index in [0.717, 1.165) is 22.5 Å². The molecule has 0 fully saturated rings. The second-order valence-electron chi connectivity index (χ2n) is 7.12. The second kappa shape index (κ2) is 7.87. The van der Waals surface area contributed by atoms with Gasteiger partial charge in [-0.15, -0.1) is 11.3 Å². The number of fused-ring (bicyclic) bond motifs is 1. The van der Waals surface area contributed by atoms with Gasteiger partial charge in [0.15, 0.2) is 5.82 Å². The van der Waals surface area contributed by atoms with Crippen LogP contribution in [0.2, 0.25) is 5.02 Å². The highest BCUT2D eigenvalue weighted by atomic mass is 35.5. The normalized spacial score (nSPS) is 12.4.